The minimum Gasteiger partial charge on any atom is -0.493 e. The van der Waals surface area contributed by atoms with Gasteiger partial charge in [0.2, 0.25) is 0 Å². The first kappa shape index (κ1) is 14.5. The summed E-state index contributed by atoms with van der Waals surface area (Å²) in [5.74, 6) is 0.527. The fraction of sp³-hybridized carbons (Fsp3) is 0.462. The van der Waals surface area contributed by atoms with Gasteiger partial charge in [-0.25, -0.2) is 0 Å². The number of ether oxygens (including phenoxy) is 2. The summed E-state index contributed by atoms with van der Waals surface area (Å²) in [5.41, 5.74) is 0.996. The fourth-order valence-corrected chi connectivity index (χ4v) is 1.62. The van der Waals surface area contributed by atoms with Crippen LogP contribution in [0.4, 0.5) is 0 Å². The number of hydrogen-bond acceptors (Lipinski definition) is 5. The molecule has 0 amide bonds. The number of carbonyl (C=O) groups is 1. The van der Waals surface area contributed by atoms with E-state index in [0.717, 1.165) is 5.56 Å². The molecule has 1 atom stereocenters. The van der Waals surface area contributed by atoms with Gasteiger partial charge in [0.25, 0.3) is 0 Å². The number of hydrogen-bond donors (Lipinski definition) is 2. The highest BCUT2D eigenvalue weighted by atomic mass is 16.6. The lowest BCUT2D eigenvalue weighted by molar-refractivity contribution is -0.132. The second-order valence-corrected chi connectivity index (χ2v) is 3.95. The summed E-state index contributed by atoms with van der Waals surface area (Å²) in [5, 5.41) is 12.1. The summed E-state index contributed by atoms with van der Waals surface area (Å²) in [7, 11) is 3.32. The number of carbonyl (C=O) groups excluding carboxylic acids is 1. The molecule has 1 unspecified atom stereocenters. The molecular weight excluding hydrogens is 234 g/mol. The first-order chi connectivity index (χ1) is 8.60. The molecule has 18 heavy (non-hydrogen) atoms. The van der Waals surface area contributed by atoms with Gasteiger partial charge < -0.3 is 19.9 Å². The monoisotopic (exact) mass is 253 g/mol. The van der Waals surface area contributed by atoms with E-state index in [4.69, 9.17) is 14.6 Å². The Kier molecular flexibility index (Phi) is 5.61. The van der Waals surface area contributed by atoms with Crippen molar-refractivity contribution in [1.29, 1.82) is 0 Å². The van der Waals surface area contributed by atoms with Gasteiger partial charge in [0.15, 0.2) is 11.5 Å². The maximum atomic E-state index is 10.9. The van der Waals surface area contributed by atoms with E-state index in [-0.39, 0.29) is 18.6 Å². The SMILES string of the molecule is CNC(CO)Cc1ccc(OC(C)=O)c(OC)c1. The zero-order valence-electron chi connectivity index (χ0n) is 10.9. The largest absolute Gasteiger partial charge is 0.493 e. The minimum absolute atomic E-state index is 0.00529. The van der Waals surface area contributed by atoms with Crippen molar-refractivity contribution in [2.24, 2.45) is 0 Å². The van der Waals surface area contributed by atoms with Crippen LogP contribution in [0.25, 0.3) is 0 Å². The van der Waals surface area contributed by atoms with Gasteiger partial charge in [-0.1, -0.05) is 6.07 Å². The van der Waals surface area contributed by atoms with E-state index >= 15 is 0 Å². The van der Waals surface area contributed by atoms with Crippen LogP contribution in [-0.2, 0) is 11.2 Å². The van der Waals surface area contributed by atoms with Gasteiger partial charge in [-0.15, -0.1) is 0 Å². The zero-order valence-corrected chi connectivity index (χ0v) is 10.9. The van der Waals surface area contributed by atoms with E-state index in [1.807, 2.05) is 6.07 Å². The van der Waals surface area contributed by atoms with Gasteiger partial charge in [-0.3, -0.25) is 4.79 Å². The number of nitrogens with one attached hydrogen (secondary N) is 1. The molecule has 0 aliphatic rings. The molecule has 0 fully saturated rings. The van der Waals surface area contributed by atoms with Crippen molar-refractivity contribution in [3.63, 3.8) is 0 Å². The van der Waals surface area contributed by atoms with Crippen LogP contribution in [0.15, 0.2) is 18.2 Å². The molecule has 100 valence electrons. The van der Waals surface area contributed by atoms with Gasteiger partial charge >= 0.3 is 5.97 Å². The van der Waals surface area contributed by atoms with Crippen LogP contribution in [0.5, 0.6) is 11.5 Å². The third-order valence-corrected chi connectivity index (χ3v) is 2.59. The van der Waals surface area contributed by atoms with Crippen molar-refractivity contribution in [2.75, 3.05) is 20.8 Å². The van der Waals surface area contributed by atoms with E-state index < -0.39 is 0 Å². The second-order valence-electron chi connectivity index (χ2n) is 3.95. The predicted molar refractivity (Wildman–Crippen MR) is 67.9 cm³/mol. The van der Waals surface area contributed by atoms with Crippen LogP contribution < -0.4 is 14.8 Å². The quantitative estimate of drug-likeness (QED) is 0.578. The Hall–Kier alpha value is -1.59. The highest BCUT2D eigenvalue weighted by Gasteiger charge is 2.11. The molecular formula is C13H19NO4. The molecule has 0 spiro atoms. The lowest BCUT2D eigenvalue weighted by atomic mass is 10.1. The standard InChI is InChI=1S/C13H19NO4/c1-9(16)18-12-5-4-10(7-13(12)17-3)6-11(8-15)14-2/h4-5,7,11,14-15H,6,8H2,1-3H3. The second kappa shape index (κ2) is 6.98. The Morgan fingerprint density at radius 3 is 2.67 bits per heavy atom. The van der Waals surface area contributed by atoms with Crippen molar-refractivity contribution < 1.29 is 19.4 Å². The number of aliphatic hydroxyl groups is 1. The fourth-order valence-electron chi connectivity index (χ4n) is 1.62. The number of rotatable bonds is 6. The molecule has 1 aromatic rings. The van der Waals surface area contributed by atoms with Crippen molar-refractivity contribution in [2.45, 2.75) is 19.4 Å². The summed E-state index contributed by atoms with van der Waals surface area (Å²) in [6, 6.07) is 5.34. The first-order valence-corrected chi connectivity index (χ1v) is 5.74. The summed E-state index contributed by atoms with van der Waals surface area (Å²) in [6.07, 6.45) is 0.670. The average molecular weight is 253 g/mol. The maximum Gasteiger partial charge on any atom is 0.308 e. The van der Waals surface area contributed by atoms with Crippen molar-refractivity contribution in [3.8, 4) is 11.5 Å². The van der Waals surface area contributed by atoms with Crippen molar-refractivity contribution in [1.82, 2.24) is 5.32 Å². The Balaban J connectivity index is 2.87. The van der Waals surface area contributed by atoms with Gasteiger partial charge in [0.1, 0.15) is 0 Å². The van der Waals surface area contributed by atoms with Gasteiger partial charge in [0, 0.05) is 13.0 Å². The Labute approximate surface area is 107 Å². The number of aliphatic hydroxyl groups excluding tert-OH is 1. The molecule has 1 aromatic carbocycles. The van der Waals surface area contributed by atoms with Crippen LogP contribution >= 0.6 is 0 Å². The van der Waals surface area contributed by atoms with Gasteiger partial charge in [0.05, 0.1) is 13.7 Å². The first-order valence-electron chi connectivity index (χ1n) is 5.74. The molecule has 5 heteroatoms. The van der Waals surface area contributed by atoms with E-state index in [0.29, 0.717) is 17.9 Å². The van der Waals surface area contributed by atoms with Crippen molar-refractivity contribution in [3.05, 3.63) is 23.8 Å². The molecule has 2 N–H and O–H groups in total. The molecule has 0 aliphatic carbocycles. The maximum absolute atomic E-state index is 10.9. The molecule has 0 heterocycles. The summed E-state index contributed by atoms with van der Waals surface area (Å²) >= 11 is 0. The summed E-state index contributed by atoms with van der Waals surface area (Å²) in [6.45, 7) is 1.40. The van der Waals surface area contributed by atoms with Crippen LogP contribution in [-0.4, -0.2) is 37.9 Å². The molecule has 0 saturated carbocycles. The minimum atomic E-state index is -0.385. The lowest BCUT2D eigenvalue weighted by Crippen LogP contribution is -2.31. The predicted octanol–water partition coefficient (Wildman–Crippen LogP) is 0.743. The van der Waals surface area contributed by atoms with E-state index in [2.05, 4.69) is 5.32 Å². The van der Waals surface area contributed by atoms with E-state index in [1.54, 1.807) is 19.2 Å². The molecule has 0 aliphatic heterocycles. The van der Waals surface area contributed by atoms with E-state index in [1.165, 1.54) is 14.0 Å². The van der Waals surface area contributed by atoms with Crippen LogP contribution in [0.1, 0.15) is 12.5 Å². The molecule has 0 bridgehead atoms. The van der Waals surface area contributed by atoms with Gasteiger partial charge in [-0.2, -0.15) is 0 Å². The number of methoxy groups -OCH3 is 1. The highest BCUT2D eigenvalue weighted by molar-refractivity contribution is 5.70. The average Bonchev–Trinajstić information content (AvgIpc) is 2.36. The lowest BCUT2D eigenvalue weighted by Gasteiger charge is -2.14. The Morgan fingerprint density at radius 2 is 2.17 bits per heavy atom. The third-order valence-electron chi connectivity index (χ3n) is 2.59. The van der Waals surface area contributed by atoms with E-state index in [9.17, 15) is 4.79 Å². The smallest absolute Gasteiger partial charge is 0.308 e. The van der Waals surface area contributed by atoms with Crippen LogP contribution in [0.3, 0.4) is 0 Å². The van der Waals surface area contributed by atoms with Gasteiger partial charge in [-0.05, 0) is 31.2 Å². The molecule has 0 radical (unpaired) electrons. The summed E-state index contributed by atoms with van der Waals surface area (Å²) < 4.78 is 10.2. The van der Waals surface area contributed by atoms with Crippen LogP contribution in [0, 0.1) is 0 Å². The number of esters is 1. The van der Waals surface area contributed by atoms with Crippen LogP contribution in [0.2, 0.25) is 0 Å². The number of benzene rings is 1. The normalized spacial score (nSPS) is 12.0. The van der Waals surface area contributed by atoms with Crippen molar-refractivity contribution >= 4 is 5.97 Å². The molecule has 0 aromatic heterocycles. The Bertz CT molecular complexity index is 402. The third kappa shape index (κ3) is 4.01. The molecule has 0 saturated heterocycles. The highest BCUT2D eigenvalue weighted by Crippen LogP contribution is 2.28. The topological polar surface area (TPSA) is 67.8 Å². The Morgan fingerprint density at radius 1 is 1.44 bits per heavy atom. The zero-order chi connectivity index (χ0) is 13.5. The molecule has 5 nitrogen and oxygen atoms in total. The summed E-state index contributed by atoms with van der Waals surface area (Å²) in [4.78, 5) is 10.9. The number of likely N-dealkylation sites (N-methyl/N-ethyl adjacent to an activating group) is 1. The molecule has 1 rings (SSSR count).